The highest BCUT2D eigenvalue weighted by Crippen LogP contribution is 2.11. The fourth-order valence-corrected chi connectivity index (χ4v) is 1.82. The lowest BCUT2D eigenvalue weighted by molar-refractivity contribution is 0.403. The predicted molar refractivity (Wildman–Crippen MR) is 68.9 cm³/mol. The number of ether oxygens (including phenoxy) is 1. The molecule has 1 aromatic heterocycles. The van der Waals surface area contributed by atoms with E-state index in [9.17, 15) is 10.0 Å². The molecule has 0 unspecified atom stereocenters. The summed E-state index contributed by atoms with van der Waals surface area (Å²) in [6.45, 7) is 2.55. The Morgan fingerprint density at radius 1 is 1.39 bits per heavy atom. The van der Waals surface area contributed by atoms with Gasteiger partial charge < -0.3 is 14.8 Å². The van der Waals surface area contributed by atoms with Crippen LogP contribution in [-0.4, -0.2) is 34.1 Å². The lowest BCUT2D eigenvalue weighted by Gasteiger charge is -2.10. The zero-order valence-electron chi connectivity index (χ0n) is 10.4. The molecule has 0 bridgehead atoms. The molecule has 1 aromatic carbocycles. The van der Waals surface area contributed by atoms with E-state index in [-0.39, 0.29) is 0 Å². The maximum Gasteiger partial charge on any atom is 0.492 e. The van der Waals surface area contributed by atoms with Crippen molar-refractivity contribution in [3.05, 3.63) is 41.7 Å². The van der Waals surface area contributed by atoms with Crippen LogP contribution in [0, 0.1) is 6.92 Å². The van der Waals surface area contributed by atoms with Gasteiger partial charge in [-0.2, -0.15) is 5.10 Å². The molecule has 2 N–H and O–H groups in total. The van der Waals surface area contributed by atoms with E-state index >= 15 is 0 Å². The van der Waals surface area contributed by atoms with Gasteiger partial charge in [0.05, 0.1) is 19.9 Å². The van der Waals surface area contributed by atoms with E-state index in [0.29, 0.717) is 17.8 Å². The smallest absolute Gasteiger partial charge is 0.492 e. The van der Waals surface area contributed by atoms with Crippen LogP contribution < -0.4 is 10.2 Å². The first kappa shape index (κ1) is 12.7. The molecule has 0 amide bonds. The van der Waals surface area contributed by atoms with Crippen molar-refractivity contribution in [1.82, 2.24) is 9.78 Å². The highest BCUT2D eigenvalue weighted by atomic mass is 16.5. The topological polar surface area (TPSA) is 67.5 Å². The molecular weight excluding hydrogens is 231 g/mol. The molecule has 0 atom stereocenters. The molecule has 0 aliphatic carbocycles. The van der Waals surface area contributed by atoms with Gasteiger partial charge in [-0.05, 0) is 24.1 Å². The van der Waals surface area contributed by atoms with Crippen molar-refractivity contribution >= 4 is 12.6 Å². The lowest BCUT2D eigenvalue weighted by Crippen LogP contribution is -2.31. The average Bonchev–Trinajstić information content (AvgIpc) is 2.74. The Kier molecular flexibility index (Phi) is 3.69. The molecule has 0 spiro atoms. The fraction of sp³-hybridized carbons (Fsp3) is 0.250. The van der Waals surface area contributed by atoms with E-state index in [1.165, 1.54) is 7.11 Å². The second-order valence-electron chi connectivity index (χ2n) is 4.17. The van der Waals surface area contributed by atoms with Crippen LogP contribution in [0.4, 0.5) is 0 Å². The summed E-state index contributed by atoms with van der Waals surface area (Å²) in [6, 6.07) is 5.31. The minimum absolute atomic E-state index is 0.360. The molecular formula is C12H15BN2O3. The molecule has 2 aromatic rings. The first-order valence-electron chi connectivity index (χ1n) is 5.62. The van der Waals surface area contributed by atoms with Gasteiger partial charge in [0, 0.05) is 11.7 Å². The monoisotopic (exact) mass is 246 g/mol. The molecule has 6 heteroatoms. The van der Waals surface area contributed by atoms with E-state index in [2.05, 4.69) is 5.10 Å². The van der Waals surface area contributed by atoms with Crippen LogP contribution in [0.3, 0.4) is 0 Å². The molecule has 0 radical (unpaired) electrons. The molecule has 0 aliphatic rings. The lowest BCUT2D eigenvalue weighted by atomic mass is 9.78. The van der Waals surface area contributed by atoms with Crippen molar-refractivity contribution in [2.75, 3.05) is 7.11 Å². The van der Waals surface area contributed by atoms with Crippen LogP contribution in [0.1, 0.15) is 11.1 Å². The second kappa shape index (κ2) is 5.24. The maximum atomic E-state index is 9.28. The van der Waals surface area contributed by atoms with Crippen molar-refractivity contribution in [2.45, 2.75) is 13.5 Å². The average molecular weight is 246 g/mol. The fourth-order valence-electron chi connectivity index (χ4n) is 1.82. The molecule has 94 valence electrons. The third kappa shape index (κ3) is 2.72. The molecule has 0 aliphatic heterocycles. The predicted octanol–water partition coefficient (Wildman–Crippen LogP) is -0.0718. The third-order valence-corrected chi connectivity index (χ3v) is 2.68. The minimum Gasteiger partial charge on any atom is -0.497 e. The Labute approximate surface area is 106 Å². The van der Waals surface area contributed by atoms with Crippen LogP contribution in [0.2, 0.25) is 0 Å². The largest absolute Gasteiger partial charge is 0.497 e. The Hall–Kier alpha value is -1.79. The molecule has 5 nitrogen and oxygen atoms in total. The van der Waals surface area contributed by atoms with Crippen LogP contribution in [0.15, 0.2) is 30.6 Å². The van der Waals surface area contributed by atoms with Gasteiger partial charge in [-0.1, -0.05) is 12.1 Å². The van der Waals surface area contributed by atoms with Crippen LogP contribution >= 0.6 is 0 Å². The minimum atomic E-state index is -1.54. The second-order valence-corrected chi connectivity index (χ2v) is 4.17. The van der Waals surface area contributed by atoms with Gasteiger partial charge in [-0.3, -0.25) is 4.68 Å². The summed E-state index contributed by atoms with van der Waals surface area (Å²) in [6.07, 6.45) is 3.71. The molecule has 0 saturated carbocycles. The zero-order valence-corrected chi connectivity index (χ0v) is 10.4. The number of rotatable bonds is 4. The van der Waals surface area contributed by atoms with Gasteiger partial charge in [0.2, 0.25) is 0 Å². The normalized spacial score (nSPS) is 10.4. The van der Waals surface area contributed by atoms with Crippen molar-refractivity contribution in [1.29, 1.82) is 0 Å². The highest BCUT2D eigenvalue weighted by molar-refractivity contribution is 6.59. The number of hydrogen-bond donors (Lipinski definition) is 2. The van der Waals surface area contributed by atoms with Crippen molar-refractivity contribution < 1.29 is 14.8 Å². The first-order valence-corrected chi connectivity index (χ1v) is 5.62. The standard InChI is InChI=1S/C12H15BN2O3/c1-9-6-14-15(7-9)8-10-3-4-12(18-2)11(5-10)13(16)17/h3-7,16-17H,8H2,1-2H3. The highest BCUT2D eigenvalue weighted by Gasteiger charge is 2.17. The quantitative estimate of drug-likeness (QED) is 0.741. The van der Waals surface area contributed by atoms with Gasteiger partial charge in [0.25, 0.3) is 0 Å². The van der Waals surface area contributed by atoms with Gasteiger partial charge >= 0.3 is 7.12 Å². The van der Waals surface area contributed by atoms with Crippen molar-refractivity contribution in [2.24, 2.45) is 0 Å². The van der Waals surface area contributed by atoms with E-state index in [1.54, 1.807) is 23.0 Å². The summed E-state index contributed by atoms with van der Waals surface area (Å²) >= 11 is 0. The molecule has 0 saturated heterocycles. The molecule has 18 heavy (non-hydrogen) atoms. The van der Waals surface area contributed by atoms with Crippen LogP contribution in [0.5, 0.6) is 5.75 Å². The third-order valence-electron chi connectivity index (χ3n) is 2.68. The zero-order chi connectivity index (χ0) is 13.1. The first-order chi connectivity index (χ1) is 8.60. The van der Waals surface area contributed by atoms with Crippen LogP contribution in [0.25, 0.3) is 0 Å². The molecule has 1 heterocycles. The summed E-state index contributed by atoms with van der Waals surface area (Å²) in [5, 5.41) is 22.8. The SMILES string of the molecule is COc1ccc(Cn2cc(C)cn2)cc1B(O)O. The van der Waals surface area contributed by atoms with E-state index in [4.69, 9.17) is 4.74 Å². The Morgan fingerprint density at radius 3 is 2.72 bits per heavy atom. The number of benzene rings is 1. The summed E-state index contributed by atoms with van der Waals surface area (Å²) < 4.78 is 6.87. The van der Waals surface area contributed by atoms with Crippen molar-refractivity contribution in [3.8, 4) is 5.75 Å². The number of aryl methyl sites for hydroxylation is 1. The Morgan fingerprint density at radius 2 is 2.17 bits per heavy atom. The summed E-state index contributed by atoms with van der Waals surface area (Å²) in [7, 11) is -0.0446. The van der Waals surface area contributed by atoms with Gasteiger partial charge in [-0.15, -0.1) is 0 Å². The maximum absolute atomic E-state index is 9.28. The number of nitrogens with zero attached hydrogens (tertiary/aromatic N) is 2. The van der Waals surface area contributed by atoms with Gasteiger partial charge in [0.1, 0.15) is 5.75 Å². The Bertz CT molecular complexity index is 540. The number of aromatic nitrogens is 2. The van der Waals surface area contributed by atoms with Gasteiger partial charge in [-0.25, -0.2) is 0 Å². The summed E-state index contributed by atoms with van der Waals surface area (Å²) in [5.41, 5.74) is 2.38. The van der Waals surface area contributed by atoms with E-state index in [0.717, 1.165) is 11.1 Å². The summed E-state index contributed by atoms with van der Waals surface area (Å²) in [5.74, 6) is 0.463. The molecule has 0 fully saturated rings. The van der Waals surface area contributed by atoms with Gasteiger partial charge in [0.15, 0.2) is 0 Å². The summed E-state index contributed by atoms with van der Waals surface area (Å²) in [4.78, 5) is 0. The number of hydrogen-bond acceptors (Lipinski definition) is 4. The Balaban J connectivity index is 2.26. The van der Waals surface area contributed by atoms with Crippen molar-refractivity contribution in [3.63, 3.8) is 0 Å². The van der Waals surface area contributed by atoms with E-state index < -0.39 is 7.12 Å². The van der Waals surface area contributed by atoms with E-state index in [1.807, 2.05) is 19.2 Å². The van der Waals surface area contributed by atoms with Crippen LogP contribution in [-0.2, 0) is 6.54 Å². The molecule has 2 rings (SSSR count). The number of methoxy groups -OCH3 is 1.